The Morgan fingerprint density at radius 3 is 2.67 bits per heavy atom. The molecule has 6 heteroatoms. The highest BCUT2D eigenvalue weighted by molar-refractivity contribution is 9.10. The van der Waals surface area contributed by atoms with Crippen molar-refractivity contribution in [3.63, 3.8) is 0 Å². The summed E-state index contributed by atoms with van der Waals surface area (Å²) in [6, 6.07) is 9.38. The summed E-state index contributed by atoms with van der Waals surface area (Å²) >= 11 is 3.10. The molecule has 1 N–H and O–H groups in total. The van der Waals surface area contributed by atoms with Crippen LogP contribution in [0.25, 0.3) is 0 Å². The molecule has 0 unspecified atom stereocenters. The maximum absolute atomic E-state index is 13.0. The normalized spacial score (nSPS) is 10.3. The number of amides is 1. The molecule has 24 heavy (non-hydrogen) atoms. The van der Waals surface area contributed by atoms with Crippen LogP contribution in [0, 0.1) is 12.7 Å². The molecule has 0 saturated heterocycles. The average Bonchev–Trinajstić information content (AvgIpc) is 2.54. The first-order valence-corrected chi connectivity index (χ1v) is 8.22. The molecule has 0 radical (unpaired) electrons. The van der Waals surface area contributed by atoms with Crippen LogP contribution in [0.5, 0.6) is 0 Å². The minimum Gasteiger partial charge on any atom is -0.452 e. The molecule has 2 aromatic rings. The van der Waals surface area contributed by atoms with Crippen LogP contribution >= 0.6 is 15.9 Å². The summed E-state index contributed by atoms with van der Waals surface area (Å²) in [6.07, 6.45) is 0.777. The predicted octanol–water partition coefficient (Wildman–Crippen LogP) is 4.25. The third-order valence-corrected chi connectivity index (χ3v) is 4.15. The van der Waals surface area contributed by atoms with Crippen molar-refractivity contribution >= 4 is 33.5 Å². The van der Waals surface area contributed by atoms with Crippen molar-refractivity contribution in [1.29, 1.82) is 0 Å². The van der Waals surface area contributed by atoms with Crippen molar-refractivity contribution in [2.75, 3.05) is 11.9 Å². The van der Waals surface area contributed by atoms with E-state index in [2.05, 4.69) is 21.2 Å². The van der Waals surface area contributed by atoms with Crippen LogP contribution in [0.4, 0.5) is 10.1 Å². The summed E-state index contributed by atoms with van der Waals surface area (Å²) in [5, 5.41) is 2.77. The average molecular weight is 394 g/mol. The van der Waals surface area contributed by atoms with E-state index in [-0.39, 0.29) is 10.0 Å². The molecule has 4 nitrogen and oxygen atoms in total. The first-order valence-electron chi connectivity index (χ1n) is 7.43. The number of benzene rings is 2. The van der Waals surface area contributed by atoms with Crippen molar-refractivity contribution in [2.45, 2.75) is 20.3 Å². The van der Waals surface area contributed by atoms with Crippen LogP contribution < -0.4 is 5.32 Å². The fourth-order valence-corrected chi connectivity index (χ4v) is 2.75. The zero-order valence-corrected chi connectivity index (χ0v) is 14.9. The molecule has 0 bridgehead atoms. The SMILES string of the molecule is CCc1cccc(C)c1NC(=O)COC(=O)c1ccc(F)cc1Br. The number of hydrogen-bond acceptors (Lipinski definition) is 3. The monoisotopic (exact) mass is 393 g/mol. The molecule has 0 aromatic heterocycles. The highest BCUT2D eigenvalue weighted by atomic mass is 79.9. The first kappa shape index (κ1) is 18.1. The largest absolute Gasteiger partial charge is 0.452 e. The molecule has 1 amide bonds. The van der Waals surface area contributed by atoms with E-state index in [1.165, 1.54) is 6.07 Å². The van der Waals surface area contributed by atoms with E-state index in [0.29, 0.717) is 0 Å². The second-order valence-electron chi connectivity index (χ2n) is 5.21. The topological polar surface area (TPSA) is 55.4 Å². The summed E-state index contributed by atoms with van der Waals surface area (Å²) in [5.41, 5.74) is 2.85. The molecular weight excluding hydrogens is 377 g/mol. The van der Waals surface area contributed by atoms with Crippen LogP contribution in [0.3, 0.4) is 0 Å². The van der Waals surface area contributed by atoms with E-state index < -0.39 is 24.3 Å². The van der Waals surface area contributed by atoms with E-state index >= 15 is 0 Å². The number of nitrogens with one attached hydrogen (secondary N) is 1. The Hall–Kier alpha value is -2.21. The van der Waals surface area contributed by atoms with Gasteiger partial charge in [0.2, 0.25) is 0 Å². The van der Waals surface area contributed by atoms with Gasteiger partial charge in [0.05, 0.1) is 5.56 Å². The first-order chi connectivity index (χ1) is 11.4. The molecule has 0 saturated carbocycles. The number of rotatable bonds is 5. The zero-order chi connectivity index (χ0) is 17.7. The van der Waals surface area contributed by atoms with Gasteiger partial charge >= 0.3 is 5.97 Å². The van der Waals surface area contributed by atoms with E-state index in [9.17, 15) is 14.0 Å². The number of carbonyl (C=O) groups excluding carboxylic acids is 2. The van der Waals surface area contributed by atoms with Crippen LogP contribution in [-0.2, 0) is 16.0 Å². The number of carbonyl (C=O) groups is 2. The smallest absolute Gasteiger partial charge is 0.339 e. The van der Waals surface area contributed by atoms with Crippen molar-refractivity contribution in [1.82, 2.24) is 0 Å². The van der Waals surface area contributed by atoms with Gasteiger partial charge in [-0.15, -0.1) is 0 Å². The Kier molecular flexibility index (Phi) is 6.09. The highest BCUT2D eigenvalue weighted by Gasteiger charge is 2.15. The van der Waals surface area contributed by atoms with Crippen molar-refractivity contribution in [2.24, 2.45) is 0 Å². The molecular formula is C18H17BrFNO3. The minimum absolute atomic E-state index is 0.161. The van der Waals surface area contributed by atoms with E-state index in [0.717, 1.165) is 35.4 Å². The number of ether oxygens (including phenoxy) is 1. The van der Waals surface area contributed by atoms with Gasteiger partial charge in [0.25, 0.3) is 5.91 Å². The minimum atomic E-state index is -0.697. The van der Waals surface area contributed by atoms with Gasteiger partial charge in [0.1, 0.15) is 5.82 Å². The standard InChI is InChI=1S/C18H17BrFNO3/c1-3-12-6-4-5-11(2)17(12)21-16(22)10-24-18(23)14-8-7-13(20)9-15(14)19/h4-9H,3,10H2,1-2H3,(H,21,22). The van der Waals surface area contributed by atoms with E-state index in [1.54, 1.807) is 0 Å². The van der Waals surface area contributed by atoms with Crippen LogP contribution in [0.1, 0.15) is 28.4 Å². The fraction of sp³-hybridized carbons (Fsp3) is 0.222. The molecule has 126 valence electrons. The van der Waals surface area contributed by atoms with Gasteiger partial charge in [0.15, 0.2) is 6.61 Å². The Bertz CT molecular complexity index is 777. The second-order valence-corrected chi connectivity index (χ2v) is 6.07. The van der Waals surface area contributed by atoms with Gasteiger partial charge in [0, 0.05) is 10.2 Å². The van der Waals surface area contributed by atoms with Gasteiger partial charge in [-0.2, -0.15) is 0 Å². The maximum Gasteiger partial charge on any atom is 0.339 e. The number of hydrogen-bond donors (Lipinski definition) is 1. The summed E-state index contributed by atoms with van der Waals surface area (Å²) in [5.74, 6) is -1.59. The summed E-state index contributed by atoms with van der Waals surface area (Å²) in [6.45, 7) is 3.48. The predicted molar refractivity (Wildman–Crippen MR) is 93.6 cm³/mol. The molecule has 0 spiro atoms. The van der Waals surface area contributed by atoms with E-state index in [1.807, 2.05) is 32.0 Å². The lowest BCUT2D eigenvalue weighted by molar-refractivity contribution is -0.119. The molecule has 0 aliphatic heterocycles. The second kappa shape index (κ2) is 8.06. The highest BCUT2D eigenvalue weighted by Crippen LogP contribution is 2.21. The zero-order valence-electron chi connectivity index (χ0n) is 13.4. The van der Waals surface area contributed by atoms with Gasteiger partial charge in [-0.05, 0) is 58.6 Å². The Balaban J connectivity index is 2.00. The van der Waals surface area contributed by atoms with Crippen LogP contribution in [0.2, 0.25) is 0 Å². The van der Waals surface area contributed by atoms with Crippen molar-refractivity contribution in [3.05, 3.63) is 63.4 Å². The summed E-state index contributed by atoms with van der Waals surface area (Å²) < 4.78 is 18.3. The Morgan fingerprint density at radius 2 is 2.00 bits per heavy atom. The lowest BCUT2D eigenvalue weighted by Crippen LogP contribution is -2.22. The molecule has 2 aromatic carbocycles. The number of anilines is 1. The molecule has 0 aliphatic carbocycles. The lowest BCUT2D eigenvalue weighted by Gasteiger charge is -2.13. The van der Waals surface area contributed by atoms with Gasteiger partial charge in [-0.1, -0.05) is 25.1 Å². The quantitative estimate of drug-likeness (QED) is 0.772. The van der Waals surface area contributed by atoms with E-state index in [4.69, 9.17) is 4.74 Å². The van der Waals surface area contributed by atoms with Crippen molar-refractivity contribution in [3.8, 4) is 0 Å². The third kappa shape index (κ3) is 4.41. The molecule has 2 rings (SSSR count). The van der Waals surface area contributed by atoms with Crippen molar-refractivity contribution < 1.29 is 18.7 Å². The number of para-hydroxylation sites is 1. The molecule has 0 atom stereocenters. The third-order valence-electron chi connectivity index (χ3n) is 3.49. The molecule has 0 fully saturated rings. The summed E-state index contributed by atoms with van der Waals surface area (Å²) in [4.78, 5) is 24.0. The number of esters is 1. The lowest BCUT2D eigenvalue weighted by atomic mass is 10.1. The van der Waals surface area contributed by atoms with Gasteiger partial charge in [-0.3, -0.25) is 4.79 Å². The van der Waals surface area contributed by atoms with Crippen LogP contribution in [0.15, 0.2) is 40.9 Å². The number of halogens is 2. The molecule has 0 heterocycles. The fourth-order valence-electron chi connectivity index (χ4n) is 2.24. The number of aryl methyl sites for hydroxylation is 2. The van der Waals surface area contributed by atoms with Crippen LogP contribution in [-0.4, -0.2) is 18.5 Å². The Morgan fingerprint density at radius 1 is 1.25 bits per heavy atom. The van der Waals surface area contributed by atoms with Gasteiger partial charge < -0.3 is 10.1 Å². The van der Waals surface area contributed by atoms with Gasteiger partial charge in [-0.25, -0.2) is 9.18 Å². The maximum atomic E-state index is 13.0. The molecule has 0 aliphatic rings. The summed E-state index contributed by atoms with van der Waals surface area (Å²) in [7, 11) is 0. The Labute approximate surface area is 148 Å².